The van der Waals surface area contributed by atoms with Gasteiger partial charge in [0, 0.05) is 16.3 Å². The number of amides is 1. The van der Waals surface area contributed by atoms with E-state index in [-0.39, 0.29) is 17.8 Å². The van der Waals surface area contributed by atoms with Gasteiger partial charge in [0.1, 0.15) is 0 Å². The summed E-state index contributed by atoms with van der Waals surface area (Å²) in [5.41, 5.74) is 1.57. The molecule has 0 radical (unpaired) electrons. The zero-order chi connectivity index (χ0) is 16.8. The Morgan fingerprint density at radius 1 is 1.00 bits per heavy atom. The molecule has 0 aromatic heterocycles. The molecule has 2 aromatic carbocycles. The molecule has 0 saturated carbocycles. The summed E-state index contributed by atoms with van der Waals surface area (Å²) in [7, 11) is 0. The van der Waals surface area contributed by atoms with Gasteiger partial charge in [-0.1, -0.05) is 25.4 Å². The summed E-state index contributed by atoms with van der Waals surface area (Å²) < 4.78 is 5.15. The van der Waals surface area contributed by atoms with Crippen LogP contribution in [0.4, 0.5) is 5.69 Å². The Labute approximate surface area is 140 Å². The van der Waals surface area contributed by atoms with E-state index >= 15 is 0 Å². The number of hydrogen-bond acceptors (Lipinski definition) is 3. The topological polar surface area (TPSA) is 55.4 Å². The molecule has 5 heteroatoms. The molecule has 0 heterocycles. The minimum absolute atomic E-state index is 0.239. The lowest BCUT2D eigenvalue weighted by Gasteiger charge is -2.08. The third-order valence-electron chi connectivity index (χ3n) is 3.03. The molecule has 0 fully saturated rings. The molecule has 4 nitrogen and oxygen atoms in total. The second kappa shape index (κ2) is 7.79. The fourth-order valence-corrected chi connectivity index (χ4v) is 1.95. The van der Waals surface area contributed by atoms with Crippen molar-refractivity contribution in [3.63, 3.8) is 0 Å². The van der Waals surface area contributed by atoms with Gasteiger partial charge in [-0.25, -0.2) is 4.79 Å². The number of halogens is 1. The van der Waals surface area contributed by atoms with Crippen LogP contribution in [0.2, 0.25) is 5.02 Å². The van der Waals surface area contributed by atoms with Crippen molar-refractivity contribution in [3.05, 3.63) is 64.7 Å². The number of carbonyl (C=O) groups is 2. The Bertz CT molecular complexity index is 678. The third-order valence-corrected chi connectivity index (χ3v) is 3.28. The molecule has 1 amide bonds. The zero-order valence-electron chi connectivity index (χ0n) is 13.0. The first-order valence-corrected chi connectivity index (χ1v) is 7.67. The van der Waals surface area contributed by atoms with Crippen LogP contribution in [0.3, 0.4) is 0 Å². The van der Waals surface area contributed by atoms with E-state index in [0.29, 0.717) is 28.4 Å². The smallest absolute Gasteiger partial charge is 0.338 e. The largest absolute Gasteiger partial charge is 0.462 e. The lowest BCUT2D eigenvalue weighted by molar-refractivity contribution is 0.0459. The molecular weight excluding hydrogens is 314 g/mol. The van der Waals surface area contributed by atoms with Crippen LogP contribution in [-0.4, -0.2) is 18.5 Å². The van der Waals surface area contributed by atoms with Crippen LogP contribution in [0.1, 0.15) is 34.6 Å². The van der Waals surface area contributed by atoms with E-state index in [9.17, 15) is 9.59 Å². The van der Waals surface area contributed by atoms with Crippen molar-refractivity contribution in [2.24, 2.45) is 5.92 Å². The quantitative estimate of drug-likeness (QED) is 0.826. The van der Waals surface area contributed by atoms with Crippen molar-refractivity contribution >= 4 is 29.2 Å². The van der Waals surface area contributed by atoms with Gasteiger partial charge in [0.25, 0.3) is 5.91 Å². The number of carbonyl (C=O) groups excluding carboxylic acids is 2. The highest BCUT2D eigenvalue weighted by atomic mass is 35.5. The zero-order valence-corrected chi connectivity index (χ0v) is 13.8. The number of ether oxygens (including phenoxy) is 1. The minimum atomic E-state index is -0.366. The molecule has 0 aliphatic carbocycles. The molecule has 0 spiro atoms. The van der Waals surface area contributed by atoms with Gasteiger partial charge in [0.05, 0.1) is 12.2 Å². The predicted molar refractivity (Wildman–Crippen MR) is 91.0 cm³/mol. The van der Waals surface area contributed by atoms with Crippen molar-refractivity contribution in [3.8, 4) is 0 Å². The molecule has 0 bridgehead atoms. The number of hydrogen-bond donors (Lipinski definition) is 1. The highest BCUT2D eigenvalue weighted by Crippen LogP contribution is 2.14. The molecule has 0 atom stereocenters. The van der Waals surface area contributed by atoms with Crippen LogP contribution in [0.25, 0.3) is 0 Å². The van der Waals surface area contributed by atoms with Crippen molar-refractivity contribution in [1.82, 2.24) is 0 Å². The van der Waals surface area contributed by atoms with Crippen molar-refractivity contribution in [2.45, 2.75) is 13.8 Å². The van der Waals surface area contributed by atoms with Gasteiger partial charge in [-0.05, 0) is 54.4 Å². The molecule has 23 heavy (non-hydrogen) atoms. The maximum Gasteiger partial charge on any atom is 0.338 e. The first-order chi connectivity index (χ1) is 11.0. The second-order valence-corrected chi connectivity index (χ2v) is 5.97. The van der Waals surface area contributed by atoms with E-state index in [0.717, 1.165) is 0 Å². The maximum atomic E-state index is 12.1. The van der Waals surface area contributed by atoms with Crippen LogP contribution < -0.4 is 5.32 Å². The molecule has 0 unspecified atom stereocenters. The number of esters is 1. The number of benzene rings is 2. The summed E-state index contributed by atoms with van der Waals surface area (Å²) in [6.45, 7) is 4.33. The average molecular weight is 332 g/mol. The summed E-state index contributed by atoms with van der Waals surface area (Å²) in [5.74, 6) is -0.317. The maximum absolute atomic E-state index is 12.1. The fourth-order valence-electron chi connectivity index (χ4n) is 1.82. The normalized spacial score (nSPS) is 10.4. The van der Waals surface area contributed by atoms with E-state index in [1.807, 2.05) is 13.8 Å². The van der Waals surface area contributed by atoms with Crippen molar-refractivity contribution in [2.75, 3.05) is 11.9 Å². The highest BCUT2D eigenvalue weighted by molar-refractivity contribution is 6.30. The molecule has 0 saturated heterocycles. The van der Waals surface area contributed by atoms with Crippen LogP contribution >= 0.6 is 11.6 Å². The van der Waals surface area contributed by atoms with Crippen molar-refractivity contribution in [1.29, 1.82) is 0 Å². The SMILES string of the molecule is CC(C)COC(=O)c1ccc(NC(=O)c2ccc(Cl)cc2)cc1. The second-order valence-electron chi connectivity index (χ2n) is 5.53. The van der Waals surface area contributed by atoms with Gasteiger partial charge >= 0.3 is 5.97 Å². The molecule has 0 aliphatic rings. The summed E-state index contributed by atoms with van der Waals surface area (Å²) in [4.78, 5) is 23.9. The summed E-state index contributed by atoms with van der Waals surface area (Å²) in [5, 5.41) is 3.33. The Kier molecular flexibility index (Phi) is 5.77. The van der Waals surface area contributed by atoms with Gasteiger partial charge in [0.2, 0.25) is 0 Å². The molecule has 2 rings (SSSR count). The van der Waals surface area contributed by atoms with Crippen LogP contribution in [0.5, 0.6) is 0 Å². The van der Waals surface area contributed by atoms with E-state index in [2.05, 4.69) is 5.32 Å². The molecule has 120 valence electrons. The number of nitrogens with one attached hydrogen (secondary N) is 1. The number of anilines is 1. The van der Waals surface area contributed by atoms with Crippen LogP contribution in [0, 0.1) is 5.92 Å². The third kappa shape index (κ3) is 5.11. The first-order valence-electron chi connectivity index (χ1n) is 7.30. The summed E-state index contributed by atoms with van der Waals surface area (Å²) in [6.07, 6.45) is 0. The van der Waals surface area contributed by atoms with Crippen LogP contribution in [0.15, 0.2) is 48.5 Å². The van der Waals surface area contributed by atoms with E-state index in [1.165, 1.54) is 0 Å². The first kappa shape index (κ1) is 17.0. The fraction of sp³-hybridized carbons (Fsp3) is 0.222. The van der Waals surface area contributed by atoms with Gasteiger partial charge in [-0.2, -0.15) is 0 Å². The molecule has 2 aromatic rings. The van der Waals surface area contributed by atoms with Gasteiger partial charge in [0.15, 0.2) is 0 Å². The van der Waals surface area contributed by atoms with E-state index < -0.39 is 0 Å². The Balaban J connectivity index is 1.98. The minimum Gasteiger partial charge on any atom is -0.462 e. The Hall–Kier alpha value is -2.33. The van der Waals surface area contributed by atoms with E-state index in [4.69, 9.17) is 16.3 Å². The van der Waals surface area contributed by atoms with Gasteiger partial charge in [-0.3, -0.25) is 4.79 Å². The standard InChI is InChI=1S/C18H18ClNO3/c1-12(2)11-23-18(22)14-5-9-16(10-6-14)20-17(21)13-3-7-15(19)8-4-13/h3-10,12H,11H2,1-2H3,(H,20,21). The Morgan fingerprint density at radius 3 is 2.13 bits per heavy atom. The Morgan fingerprint density at radius 2 is 1.57 bits per heavy atom. The molecule has 1 N–H and O–H groups in total. The summed E-state index contributed by atoms with van der Waals surface area (Å²) >= 11 is 5.79. The molecular formula is C18H18ClNO3. The van der Waals surface area contributed by atoms with Gasteiger partial charge < -0.3 is 10.1 Å². The number of rotatable bonds is 5. The lowest BCUT2D eigenvalue weighted by Crippen LogP contribution is -2.12. The molecule has 0 aliphatic heterocycles. The van der Waals surface area contributed by atoms with Crippen molar-refractivity contribution < 1.29 is 14.3 Å². The highest BCUT2D eigenvalue weighted by Gasteiger charge is 2.09. The lowest BCUT2D eigenvalue weighted by atomic mass is 10.2. The predicted octanol–water partition coefficient (Wildman–Crippen LogP) is 4.41. The average Bonchev–Trinajstić information content (AvgIpc) is 2.54. The van der Waals surface area contributed by atoms with Crippen LogP contribution in [-0.2, 0) is 4.74 Å². The van der Waals surface area contributed by atoms with Gasteiger partial charge in [-0.15, -0.1) is 0 Å². The monoisotopic (exact) mass is 331 g/mol. The van der Waals surface area contributed by atoms with E-state index in [1.54, 1.807) is 48.5 Å². The summed E-state index contributed by atoms with van der Waals surface area (Å²) in [6, 6.07) is 13.2.